The van der Waals surface area contributed by atoms with Gasteiger partial charge in [-0.25, -0.2) is 0 Å². The van der Waals surface area contributed by atoms with Gasteiger partial charge in [0.15, 0.2) is 0 Å². The number of non-ortho nitro benzene ring substituents is 1. The van der Waals surface area contributed by atoms with Crippen molar-refractivity contribution >= 4 is 69.4 Å². The van der Waals surface area contributed by atoms with Gasteiger partial charge in [0.25, 0.3) is 17.5 Å². The zero-order chi connectivity index (χ0) is 57.2. The number of amides is 8. The minimum absolute atomic E-state index is 0.00492. The molecule has 0 saturated carbocycles. The van der Waals surface area contributed by atoms with Gasteiger partial charge in [-0.15, -0.1) is 0 Å². The summed E-state index contributed by atoms with van der Waals surface area (Å²) in [4.78, 5) is 126. The first-order chi connectivity index (χ1) is 38.4. The van der Waals surface area contributed by atoms with Gasteiger partial charge in [-0.1, -0.05) is 80.6 Å². The van der Waals surface area contributed by atoms with E-state index in [1.54, 1.807) is 62.4 Å². The van der Waals surface area contributed by atoms with Crippen LogP contribution in [0.1, 0.15) is 90.3 Å². The topological polar surface area (TPSA) is 300 Å². The maximum absolute atomic E-state index is 14.7. The minimum Gasteiger partial charge on any atom is -0.368 e. The molecule has 5 aromatic rings. The maximum atomic E-state index is 14.7. The summed E-state index contributed by atoms with van der Waals surface area (Å²) < 4.78 is 0. The molecule has 4 aromatic carbocycles. The first-order valence-corrected chi connectivity index (χ1v) is 27.1. The Bertz CT molecular complexity index is 3210. The summed E-state index contributed by atoms with van der Waals surface area (Å²) in [6.45, 7) is 5.84. The number of nitro groups is 1. The molecule has 0 unspecified atom stereocenters. The highest BCUT2D eigenvalue weighted by Crippen LogP contribution is 2.41. The molecule has 2 aliphatic heterocycles. The predicted octanol–water partition coefficient (Wildman–Crippen LogP) is 3.91. The summed E-state index contributed by atoms with van der Waals surface area (Å²) in [6, 6.07) is 21.5. The highest BCUT2D eigenvalue weighted by Gasteiger charge is 2.40. The van der Waals surface area contributed by atoms with Crippen molar-refractivity contribution in [2.75, 3.05) is 39.8 Å². The van der Waals surface area contributed by atoms with Crippen molar-refractivity contribution in [3.63, 3.8) is 0 Å². The highest BCUT2D eigenvalue weighted by molar-refractivity contribution is 6.06. The fraction of sp³-hybridized carbons (Fsp3) is 0.390. The quantitative estimate of drug-likeness (QED) is 0.0264. The number of benzene rings is 4. The van der Waals surface area contributed by atoms with E-state index in [1.807, 2.05) is 31.5 Å². The van der Waals surface area contributed by atoms with Gasteiger partial charge in [0.2, 0.25) is 35.4 Å². The van der Waals surface area contributed by atoms with E-state index in [2.05, 4.69) is 47.9 Å². The SMILES string of the molecule is CC(=O)N[C@@H](CCCCNC(=O)c1ccccc1-c1ccccc1C(=O)NCCNC(=O)[C@@H]1CCCN1C(=O)[C@H](Cc1ccc([N+](=O)[O-])cc1)NC(=O)[C@@H](NC(=O)[C@@H]1C=C2c3cccc4[nH]cc(c34)C[C@H]2N(C)C1)C(C)C)C(N)=O. The van der Waals surface area contributed by atoms with Gasteiger partial charge in [0, 0.05) is 92.5 Å². The van der Waals surface area contributed by atoms with Crippen LogP contribution >= 0.6 is 0 Å². The van der Waals surface area contributed by atoms with E-state index in [-0.39, 0.29) is 67.6 Å². The van der Waals surface area contributed by atoms with Crippen LogP contribution in [0.15, 0.2) is 103 Å². The number of hydrogen-bond acceptors (Lipinski definition) is 11. The molecule has 420 valence electrons. The third kappa shape index (κ3) is 13.4. The van der Waals surface area contributed by atoms with Crippen LogP contribution in [-0.2, 0) is 41.6 Å². The van der Waals surface area contributed by atoms with Gasteiger partial charge < -0.3 is 47.5 Å². The first kappa shape index (κ1) is 57.5. The third-order valence-corrected chi connectivity index (χ3v) is 15.2. The number of carbonyl (C=O) groups is 8. The Morgan fingerprint density at radius 1 is 0.762 bits per heavy atom. The van der Waals surface area contributed by atoms with Gasteiger partial charge in [0.1, 0.15) is 24.2 Å². The van der Waals surface area contributed by atoms with Crippen molar-refractivity contribution in [3.8, 4) is 11.1 Å². The molecule has 21 heteroatoms. The molecule has 3 aliphatic rings. The summed E-state index contributed by atoms with van der Waals surface area (Å²) in [5.41, 5.74) is 11.8. The molecule has 6 atom stereocenters. The van der Waals surface area contributed by atoms with Crippen molar-refractivity contribution in [1.82, 2.24) is 46.7 Å². The molecule has 21 nitrogen and oxygen atoms in total. The van der Waals surface area contributed by atoms with Crippen LogP contribution in [0.3, 0.4) is 0 Å². The second kappa shape index (κ2) is 25.8. The smallest absolute Gasteiger partial charge is 0.269 e. The lowest BCUT2D eigenvalue weighted by atomic mass is 9.79. The number of likely N-dealkylation sites (tertiary alicyclic amines) is 1. The Hall–Kier alpha value is -8.72. The summed E-state index contributed by atoms with van der Waals surface area (Å²) in [7, 11) is 1.99. The number of rotatable bonds is 23. The van der Waals surface area contributed by atoms with Gasteiger partial charge >= 0.3 is 0 Å². The number of aromatic amines is 1. The monoisotopic (exact) mass is 1090 g/mol. The molecular weight excluding hydrogens is 1020 g/mol. The average Bonchev–Trinajstić information content (AvgIpc) is 4.12. The Balaban J connectivity index is 0.893. The summed E-state index contributed by atoms with van der Waals surface area (Å²) in [5, 5.41) is 29.6. The number of nitrogens with zero attached hydrogens (tertiary/aromatic N) is 3. The van der Waals surface area contributed by atoms with E-state index in [0.717, 1.165) is 28.5 Å². The maximum Gasteiger partial charge on any atom is 0.269 e. The lowest BCUT2D eigenvalue weighted by Gasteiger charge is -2.39. The molecule has 0 bridgehead atoms. The van der Waals surface area contributed by atoms with Crippen molar-refractivity contribution in [1.29, 1.82) is 0 Å². The van der Waals surface area contributed by atoms with Crippen LogP contribution in [0.5, 0.6) is 0 Å². The van der Waals surface area contributed by atoms with Crippen molar-refractivity contribution in [2.24, 2.45) is 17.6 Å². The lowest BCUT2D eigenvalue weighted by molar-refractivity contribution is -0.384. The molecule has 80 heavy (non-hydrogen) atoms. The zero-order valence-corrected chi connectivity index (χ0v) is 45.3. The number of H-pyrrole nitrogens is 1. The minimum atomic E-state index is -1.22. The number of aromatic nitrogens is 1. The summed E-state index contributed by atoms with van der Waals surface area (Å²) in [6.07, 6.45) is 6.94. The first-order valence-electron chi connectivity index (χ1n) is 27.1. The van der Waals surface area contributed by atoms with Gasteiger partial charge in [-0.05, 0) is 103 Å². The molecule has 1 aliphatic carbocycles. The molecule has 1 fully saturated rings. The van der Waals surface area contributed by atoms with Gasteiger partial charge in [0.05, 0.1) is 10.8 Å². The van der Waals surface area contributed by atoms with E-state index < -0.39 is 70.5 Å². The average molecular weight is 1090 g/mol. The van der Waals surface area contributed by atoms with E-state index in [1.165, 1.54) is 41.7 Å². The van der Waals surface area contributed by atoms with E-state index >= 15 is 0 Å². The Labute approximate surface area is 463 Å². The number of likely N-dealkylation sites (N-methyl/N-ethyl adjacent to an activating group) is 1. The normalized spacial score (nSPS) is 17.7. The molecule has 8 rings (SSSR count). The largest absolute Gasteiger partial charge is 0.368 e. The number of nitrogens with one attached hydrogen (secondary N) is 7. The van der Waals surface area contributed by atoms with Gasteiger partial charge in [-0.2, -0.15) is 0 Å². The molecule has 0 spiro atoms. The van der Waals surface area contributed by atoms with E-state index in [4.69, 9.17) is 5.73 Å². The Morgan fingerprint density at radius 2 is 1.41 bits per heavy atom. The third-order valence-electron chi connectivity index (χ3n) is 15.2. The molecule has 1 saturated heterocycles. The van der Waals surface area contributed by atoms with Crippen LogP contribution in [0.4, 0.5) is 5.69 Å². The molecule has 8 amide bonds. The van der Waals surface area contributed by atoms with E-state index in [0.29, 0.717) is 60.9 Å². The molecule has 1 aromatic heterocycles. The number of fused-ring (bicyclic) bond motifs is 2. The molecule has 9 N–H and O–H groups in total. The fourth-order valence-electron chi connectivity index (χ4n) is 11.1. The van der Waals surface area contributed by atoms with Crippen LogP contribution in [-0.4, -0.2) is 137 Å². The summed E-state index contributed by atoms with van der Waals surface area (Å²) in [5.74, 6) is -4.76. The number of primary amides is 1. The highest BCUT2D eigenvalue weighted by atomic mass is 16.6. The predicted molar refractivity (Wildman–Crippen MR) is 300 cm³/mol. The van der Waals surface area contributed by atoms with Crippen molar-refractivity contribution < 1.29 is 43.3 Å². The zero-order valence-electron chi connectivity index (χ0n) is 45.3. The van der Waals surface area contributed by atoms with Crippen LogP contribution in [0, 0.1) is 22.0 Å². The number of nitro benzene ring substituents is 1. The van der Waals surface area contributed by atoms with Crippen LogP contribution in [0.25, 0.3) is 27.6 Å². The fourth-order valence-corrected chi connectivity index (χ4v) is 11.1. The van der Waals surface area contributed by atoms with Crippen molar-refractivity contribution in [3.05, 3.63) is 141 Å². The molecule has 0 radical (unpaired) electrons. The number of nitrogens with two attached hydrogens (primary N) is 1. The molecular formula is C59H69N11O10. The van der Waals surface area contributed by atoms with Crippen molar-refractivity contribution in [2.45, 2.75) is 95.9 Å². The molecule has 3 heterocycles. The Kier molecular flexibility index (Phi) is 18.6. The van der Waals surface area contributed by atoms with Crippen LogP contribution in [0.2, 0.25) is 0 Å². The van der Waals surface area contributed by atoms with Gasteiger partial charge in [-0.3, -0.25) is 53.4 Å². The summed E-state index contributed by atoms with van der Waals surface area (Å²) >= 11 is 0. The second-order valence-electron chi connectivity index (χ2n) is 21.1. The van der Waals surface area contributed by atoms with Crippen LogP contribution < -0.4 is 37.6 Å². The number of unbranched alkanes of at least 4 members (excludes halogenated alkanes) is 1. The number of hydrogen-bond donors (Lipinski definition) is 8. The second-order valence-corrected chi connectivity index (χ2v) is 21.1. The number of carbonyl (C=O) groups excluding carboxylic acids is 8. The van der Waals surface area contributed by atoms with E-state index in [9.17, 15) is 48.5 Å². The Morgan fingerprint density at radius 3 is 2.06 bits per heavy atom. The standard InChI is InChI=1S/C59H69N11O10/c1-34(2)52(67-54(73)38-30-45-42-17-11-19-46-51(42)37(32-64-46)31-50(45)68(4)33-38)58(77)66-48(29-36-21-23-39(24-22-36)70(79)80)59(78)69-28-12-20-49(69)57(76)63-27-26-62-56(75)44-16-8-6-14-41(44)40-13-5-7-15-43(40)55(74)61-25-10-9-18-47(53(60)72)65-35(3)71/h5-8,11,13-17,19,21-24,30,32,34,38,47-50,52,64H,9-10,12,18,20,25-29,31,33H2,1-4H3,(H2,60,72)(H,61,74)(H,62,75)(H,63,76)(H,65,71)(H,66,77)(H,67,73)/t38-,47+,48+,49+,50-,52+/m1/s1. The lowest BCUT2D eigenvalue weighted by Crippen LogP contribution is -2.59.